The predicted molar refractivity (Wildman–Crippen MR) is 112 cm³/mol. The molecule has 8 heteroatoms. The van der Waals surface area contributed by atoms with E-state index in [1.807, 2.05) is 35.2 Å². The molecule has 0 spiro atoms. The molecule has 2 fully saturated rings. The summed E-state index contributed by atoms with van der Waals surface area (Å²) in [6.45, 7) is 6.06. The van der Waals surface area contributed by atoms with Gasteiger partial charge in [-0.3, -0.25) is 9.69 Å². The molecule has 2 saturated heterocycles. The van der Waals surface area contributed by atoms with Crippen LogP contribution in [0.1, 0.15) is 18.1 Å². The van der Waals surface area contributed by atoms with E-state index < -0.39 is 0 Å². The van der Waals surface area contributed by atoms with Gasteiger partial charge in [0.25, 0.3) is 0 Å². The average Bonchev–Trinajstić information content (AvgIpc) is 2.79. The number of anilines is 1. The average molecular weight is 416 g/mol. The zero-order chi connectivity index (χ0) is 20.1. The number of piperazine rings is 1. The van der Waals surface area contributed by atoms with E-state index in [-0.39, 0.29) is 12.0 Å². The molecule has 0 aliphatic carbocycles. The highest BCUT2D eigenvalue weighted by atomic mass is 35.5. The van der Waals surface area contributed by atoms with E-state index in [1.54, 1.807) is 12.4 Å². The first-order valence-corrected chi connectivity index (χ1v) is 10.5. The summed E-state index contributed by atoms with van der Waals surface area (Å²) < 4.78 is 5.91. The highest BCUT2D eigenvalue weighted by Gasteiger charge is 2.25. The summed E-state index contributed by atoms with van der Waals surface area (Å²) in [5.41, 5.74) is 1.13. The number of carbonyl (C=O) groups is 1. The Morgan fingerprint density at radius 1 is 1.07 bits per heavy atom. The minimum absolute atomic E-state index is 0.0329. The van der Waals surface area contributed by atoms with Crippen molar-refractivity contribution in [1.29, 1.82) is 0 Å². The molecule has 2 aliphatic heterocycles. The number of morpholine rings is 1. The molecule has 2 aliphatic rings. The van der Waals surface area contributed by atoms with Crippen molar-refractivity contribution in [3.63, 3.8) is 0 Å². The molecule has 0 saturated carbocycles. The second-order valence-electron chi connectivity index (χ2n) is 7.38. The van der Waals surface area contributed by atoms with Crippen LogP contribution in [0.5, 0.6) is 0 Å². The molecular formula is C21H26ClN5O2. The highest BCUT2D eigenvalue weighted by molar-refractivity contribution is 6.30. The van der Waals surface area contributed by atoms with Gasteiger partial charge in [0.05, 0.1) is 12.7 Å². The maximum atomic E-state index is 12.7. The van der Waals surface area contributed by atoms with Crippen molar-refractivity contribution in [1.82, 2.24) is 19.8 Å². The molecule has 0 radical (unpaired) electrons. The Morgan fingerprint density at radius 2 is 1.79 bits per heavy atom. The minimum Gasteiger partial charge on any atom is -0.371 e. The molecule has 1 unspecified atom stereocenters. The van der Waals surface area contributed by atoms with E-state index in [1.165, 1.54) is 0 Å². The second-order valence-corrected chi connectivity index (χ2v) is 7.81. The third-order valence-corrected chi connectivity index (χ3v) is 5.75. The highest BCUT2D eigenvalue weighted by Crippen LogP contribution is 2.24. The van der Waals surface area contributed by atoms with Crippen LogP contribution in [-0.2, 0) is 9.53 Å². The van der Waals surface area contributed by atoms with Crippen LogP contribution < -0.4 is 4.90 Å². The quantitative estimate of drug-likeness (QED) is 0.746. The van der Waals surface area contributed by atoms with Gasteiger partial charge in [0.15, 0.2) is 0 Å². The number of aromatic nitrogens is 2. The zero-order valence-electron chi connectivity index (χ0n) is 16.4. The van der Waals surface area contributed by atoms with E-state index >= 15 is 0 Å². The van der Waals surface area contributed by atoms with E-state index in [9.17, 15) is 4.79 Å². The first-order valence-electron chi connectivity index (χ1n) is 10.1. The first-order chi connectivity index (χ1) is 14.2. The molecule has 2 aromatic rings. The van der Waals surface area contributed by atoms with Gasteiger partial charge in [-0.25, -0.2) is 9.97 Å². The number of carbonyl (C=O) groups excluding carboxylic acids is 1. The first kappa shape index (κ1) is 20.1. The van der Waals surface area contributed by atoms with Crippen LogP contribution in [0.15, 0.2) is 42.7 Å². The van der Waals surface area contributed by atoms with Crippen molar-refractivity contribution in [2.45, 2.75) is 12.5 Å². The lowest BCUT2D eigenvalue weighted by Crippen LogP contribution is -2.50. The van der Waals surface area contributed by atoms with Crippen LogP contribution in [0.3, 0.4) is 0 Å². The van der Waals surface area contributed by atoms with Gasteiger partial charge in [-0.05, 0) is 23.8 Å². The molecule has 29 heavy (non-hydrogen) atoms. The molecule has 0 N–H and O–H groups in total. The van der Waals surface area contributed by atoms with Crippen molar-refractivity contribution < 1.29 is 9.53 Å². The van der Waals surface area contributed by atoms with Crippen LogP contribution in [0, 0.1) is 0 Å². The molecule has 1 amide bonds. The van der Waals surface area contributed by atoms with E-state index in [2.05, 4.69) is 19.8 Å². The number of benzene rings is 1. The smallest absolute Gasteiger partial charge is 0.225 e. The molecule has 1 atom stereocenters. The topological polar surface area (TPSA) is 61.8 Å². The maximum absolute atomic E-state index is 12.7. The van der Waals surface area contributed by atoms with Crippen LogP contribution in [0.2, 0.25) is 5.02 Å². The summed E-state index contributed by atoms with van der Waals surface area (Å²) in [5.74, 6) is 0.953. The Kier molecular flexibility index (Phi) is 6.59. The van der Waals surface area contributed by atoms with E-state index in [0.29, 0.717) is 26.1 Å². The van der Waals surface area contributed by atoms with E-state index in [4.69, 9.17) is 16.3 Å². The number of nitrogens with zero attached hydrogens (tertiary/aromatic N) is 5. The molecule has 0 bridgehead atoms. The van der Waals surface area contributed by atoms with Crippen molar-refractivity contribution in [3.05, 3.63) is 53.3 Å². The fraction of sp³-hybridized carbons (Fsp3) is 0.476. The number of halogens is 1. The standard InChI is InChI=1S/C21H26ClN5O2/c22-18-4-2-17(3-5-18)19-16-25(14-15-29-19)9-6-20(28)26-10-12-27(13-11-26)21-23-7-1-8-24-21/h1-5,7-8,19H,6,9-16H2. The third-order valence-electron chi connectivity index (χ3n) is 5.50. The Hall–Kier alpha value is -2.22. The molecular weight excluding hydrogens is 390 g/mol. The largest absolute Gasteiger partial charge is 0.371 e. The van der Waals surface area contributed by atoms with Gasteiger partial charge in [0.2, 0.25) is 11.9 Å². The fourth-order valence-corrected chi connectivity index (χ4v) is 3.93. The summed E-state index contributed by atoms with van der Waals surface area (Å²) in [7, 11) is 0. The minimum atomic E-state index is 0.0329. The molecule has 4 rings (SSSR count). The van der Waals surface area contributed by atoms with Gasteiger partial charge in [0, 0.05) is 69.7 Å². The molecule has 3 heterocycles. The molecule has 154 valence electrons. The van der Waals surface area contributed by atoms with Crippen LogP contribution in [0.25, 0.3) is 0 Å². The zero-order valence-corrected chi connectivity index (χ0v) is 17.2. The predicted octanol–water partition coefficient (Wildman–Crippen LogP) is 2.24. The Morgan fingerprint density at radius 3 is 2.52 bits per heavy atom. The van der Waals surface area contributed by atoms with Crippen molar-refractivity contribution in [2.75, 3.05) is 57.3 Å². The fourth-order valence-electron chi connectivity index (χ4n) is 3.81. The Balaban J connectivity index is 1.23. The number of amides is 1. The molecule has 1 aromatic heterocycles. The summed E-state index contributed by atoms with van der Waals surface area (Å²) in [5, 5.41) is 0.728. The number of rotatable bonds is 5. The van der Waals surface area contributed by atoms with Gasteiger partial charge >= 0.3 is 0 Å². The van der Waals surface area contributed by atoms with Crippen molar-refractivity contribution >= 4 is 23.5 Å². The number of hydrogen-bond acceptors (Lipinski definition) is 6. The van der Waals surface area contributed by atoms with Crippen molar-refractivity contribution in [2.24, 2.45) is 0 Å². The second kappa shape index (κ2) is 9.52. The Labute approximate surface area is 176 Å². The maximum Gasteiger partial charge on any atom is 0.225 e. The van der Waals surface area contributed by atoms with E-state index in [0.717, 1.165) is 49.3 Å². The van der Waals surface area contributed by atoms with Crippen LogP contribution >= 0.6 is 11.6 Å². The molecule has 7 nitrogen and oxygen atoms in total. The van der Waals surface area contributed by atoms with Crippen LogP contribution in [-0.4, -0.2) is 78.1 Å². The summed E-state index contributed by atoms with van der Waals surface area (Å²) >= 11 is 5.98. The lowest BCUT2D eigenvalue weighted by molar-refractivity contribution is -0.132. The normalized spacial score (nSPS) is 20.7. The Bertz CT molecular complexity index is 796. The number of ether oxygens (including phenoxy) is 1. The monoisotopic (exact) mass is 415 g/mol. The third kappa shape index (κ3) is 5.23. The van der Waals surface area contributed by atoms with Gasteiger partial charge in [-0.15, -0.1) is 0 Å². The van der Waals surface area contributed by atoms with Gasteiger partial charge < -0.3 is 14.5 Å². The summed E-state index contributed by atoms with van der Waals surface area (Å²) in [6, 6.07) is 9.62. The lowest BCUT2D eigenvalue weighted by atomic mass is 10.1. The lowest BCUT2D eigenvalue weighted by Gasteiger charge is -2.36. The van der Waals surface area contributed by atoms with Gasteiger partial charge in [-0.1, -0.05) is 23.7 Å². The van der Waals surface area contributed by atoms with Gasteiger partial charge in [0.1, 0.15) is 0 Å². The molecule has 1 aromatic carbocycles. The number of hydrogen-bond donors (Lipinski definition) is 0. The summed E-state index contributed by atoms with van der Waals surface area (Å²) in [6.07, 6.45) is 4.07. The summed E-state index contributed by atoms with van der Waals surface area (Å²) in [4.78, 5) is 27.7. The van der Waals surface area contributed by atoms with Crippen molar-refractivity contribution in [3.8, 4) is 0 Å². The van der Waals surface area contributed by atoms with Gasteiger partial charge in [-0.2, -0.15) is 0 Å². The van der Waals surface area contributed by atoms with Crippen LogP contribution in [0.4, 0.5) is 5.95 Å². The SMILES string of the molecule is O=C(CCN1CCOC(c2ccc(Cl)cc2)C1)N1CCN(c2ncccn2)CC1.